The van der Waals surface area contributed by atoms with Crippen LogP contribution in [0.1, 0.15) is 47.5 Å². The molecule has 4 rings (SSSR count). The van der Waals surface area contributed by atoms with Gasteiger partial charge >= 0.3 is 0 Å². The van der Waals surface area contributed by atoms with Crippen LogP contribution in [0.3, 0.4) is 0 Å². The molecule has 1 saturated heterocycles. The van der Waals surface area contributed by atoms with E-state index in [1.54, 1.807) is 11.3 Å². The van der Waals surface area contributed by atoms with Crippen LogP contribution in [0, 0.1) is 0 Å². The van der Waals surface area contributed by atoms with Crippen LogP contribution < -0.4 is 4.74 Å². The lowest BCUT2D eigenvalue weighted by molar-refractivity contribution is -0.134. The number of benzene rings is 1. The number of nitrogens with zero attached hydrogens (tertiary/aromatic N) is 3. The van der Waals surface area contributed by atoms with Gasteiger partial charge in [0.25, 0.3) is 5.91 Å². The number of amides is 1. The molecule has 2 aromatic rings. The number of rotatable bonds is 5. The summed E-state index contributed by atoms with van der Waals surface area (Å²) >= 11 is 1.78. The maximum Gasteiger partial charge on any atom is 0.260 e. The molecule has 1 amide bonds. The number of carbonyl (C=O) groups excluding carboxylic acids is 1. The summed E-state index contributed by atoms with van der Waals surface area (Å²) in [4.78, 5) is 14.2. The first-order chi connectivity index (χ1) is 11.8. The Bertz CT molecular complexity index is 691. The highest BCUT2D eigenvalue weighted by atomic mass is 32.1. The molecule has 24 heavy (non-hydrogen) atoms. The number of hydrogen-bond acceptors (Lipinski definition) is 5. The van der Waals surface area contributed by atoms with Crippen molar-refractivity contribution in [3.63, 3.8) is 0 Å². The van der Waals surface area contributed by atoms with Gasteiger partial charge in [0, 0.05) is 24.9 Å². The highest BCUT2D eigenvalue weighted by Crippen LogP contribution is 2.43. The van der Waals surface area contributed by atoms with E-state index in [2.05, 4.69) is 10.2 Å². The van der Waals surface area contributed by atoms with Gasteiger partial charge in [0.2, 0.25) is 0 Å². The van der Waals surface area contributed by atoms with E-state index >= 15 is 0 Å². The Labute approximate surface area is 145 Å². The van der Waals surface area contributed by atoms with E-state index in [9.17, 15) is 4.79 Å². The van der Waals surface area contributed by atoms with Gasteiger partial charge < -0.3 is 9.64 Å². The first-order valence-electron chi connectivity index (χ1n) is 8.58. The van der Waals surface area contributed by atoms with Gasteiger partial charge in [-0.15, -0.1) is 21.5 Å². The number of para-hydroxylation sites is 1. The summed E-state index contributed by atoms with van der Waals surface area (Å²) in [5.41, 5.74) is 0. The Morgan fingerprint density at radius 3 is 2.29 bits per heavy atom. The topological polar surface area (TPSA) is 55.3 Å². The zero-order valence-corrected chi connectivity index (χ0v) is 14.4. The van der Waals surface area contributed by atoms with Crippen molar-refractivity contribution >= 4 is 17.2 Å². The van der Waals surface area contributed by atoms with Crippen LogP contribution in [-0.2, 0) is 4.79 Å². The first kappa shape index (κ1) is 15.6. The average Bonchev–Trinajstić information content (AvgIpc) is 3.38. The Morgan fingerprint density at radius 1 is 1.04 bits per heavy atom. The Morgan fingerprint density at radius 2 is 1.67 bits per heavy atom. The Hall–Kier alpha value is -1.95. The van der Waals surface area contributed by atoms with Gasteiger partial charge in [0.1, 0.15) is 15.8 Å². The number of aromatic nitrogens is 2. The predicted molar refractivity (Wildman–Crippen MR) is 92.4 cm³/mol. The van der Waals surface area contributed by atoms with Crippen LogP contribution in [-0.4, -0.2) is 40.7 Å². The number of ether oxygens (including phenoxy) is 1. The predicted octanol–water partition coefficient (Wildman–Crippen LogP) is 3.20. The summed E-state index contributed by atoms with van der Waals surface area (Å²) in [6.45, 7) is 1.67. The Balaban J connectivity index is 1.26. The second-order valence-electron chi connectivity index (χ2n) is 6.51. The van der Waals surface area contributed by atoms with Crippen LogP contribution in [0.2, 0.25) is 0 Å². The second kappa shape index (κ2) is 6.89. The van der Waals surface area contributed by atoms with Crippen molar-refractivity contribution in [1.82, 2.24) is 15.1 Å². The van der Waals surface area contributed by atoms with E-state index in [4.69, 9.17) is 4.74 Å². The molecule has 0 N–H and O–H groups in total. The maximum absolute atomic E-state index is 12.3. The molecule has 0 atom stereocenters. The molecule has 0 spiro atoms. The number of likely N-dealkylation sites (tertiary alicyclic amines) is 1. The van der Waals surface area contributed by atoms with Crippen molar-refractivity contribution in [2.24, 2.45) is 0 Å². The molecule has 1 saturated carbocycles. The van der Waals surface area contributed by atoms with E-state index in [0.29, 0.717) is 11.8 Å². The van der Waals surface area contributed by atoms with Crippen LogP contribution in [0.5, 0.6) is 5.75 Å². The molecule has 2 fully saturated rings. The highest BCUT2D eigenvalue weighted by Gasteiger charge is 2.30. The largest absolute Gasteiger partial charge is 0.484 e. The van der Waals surface area contributed by atoms with Crippen molar-refractivity contribution in [3.05, 3.63) is 40.3 Å². The second-order valence-corrected chi connectivity index (χ2v) is 7.55. The molecular weight excluding hydrogens is 322 g/mol. The van der Waals surface area contributed by atoms with Crippen LogP contribution in [0.15, 0.2) is 30.3 Å². The molecule has 2 heterocycles. The lowest BCUT2D eigenvalue weighted by Gasteiger charge is -2.30. The third-order valence-electron chi connectivity index (χ3n) is 4.69. The quantitative estimate of drug-likeness (QED) is 0.836. The summed E-state index contributed by atoms with van der Waals surface area (Å²) in [5.74, 6) is 1.93. The third-order valence-corrected chi connectivity index (χ3v) is 5.93. The zero-order valence-electron chi connectivity index (χ0n) is 13.6. The molecule has 5 nitrogen and oxygen atoms in total. The fourth-order valence-electron chi connectivity index (χ4n) is 3.04. The summed E-state index contributed by atoms with van der Waals surface area (Å²) < 4.78 is 5.56. The SMILES string of the molecule is O=C(COc1ccccc1)N1CCC(c2nnc(C3CC3)s2)CC1. The molecule has 0 bridgehead atoms. The number of hydrogen-bond donors (Lipinski definition) is 0. The average molecular weight is 343 g/mol. The molecule has 1 aliphatic heterocycles. The standard InChI is InChI=1S/C18H21N3O2S/c22-16(12-23-15-4-2-1-3-5-15)21-10-8-14(9-11-21)18-20-19-17(24-18)13-6-7-13/h1-5,13-14H,6-12H2. The molecule has 1 aliphatic carbocycles. The first-order valence-corrected chi connectivity index (χ1v) is 9.40. The number of carbonyl (C=O) groups is 1. The van der Waals surface area contributed by atoms with Gasteiger partial charge in [-0.2, -0.15) is 0 Å². The normalized spacial score (nSPS) is 18.6. The minimum absolute atomic E-state index is 0.0632. The van der Waals surface area contributed by atoms with Crippen molar-refractivity contribution < 1.29 is 9.53 Å². The molecule has 1 aromatic heterocycles. The molecular formula is C18H21N3O2S. The maximum atomic E-state index is 12.3. The molecule has 6 heteroatoms. The lowest BCUT2D eigenvalue weighted by atomic mass is 9.98. The van der Waals surface area contributed by atoms with Crippen molar-refractivity contribution in [2.45, 2.75) is 37.5 Å². The summed E-state index contributed by atoms with van der Waals surface area (Å²) in [5, 5.41) is 11.1. The molecule has 0 unspecified atom stereocenters. The fraction of sp³-hybridized carbons (Fsp3) is 0.500. The van der Waals surface area contributed by atoms with E-state index in [-0.39, 0.29) is 12.5 Å². The van der Waals surface area contributed by atoms with Gasteiger partial charge in [-0.25, -0.2) is 0 Å². The summed E-state index contributed by atoms with van der Waals surface area (Å²) in [6.07, 6.45) is 4.47. The zero-order chi connectivity index (χ0) is 16.4. The van der Waals surface area contributed by atoms with Gasteiger partial charge in [0.15, 0.2) is 6.61 Å². The van der Waals surface area contributed by atoms with Crippen LogP contribution >= 0.6 is 11.3 Å². The number of piperidine rings is 1. The minimum atomic E-state index is 0.0632. The lowest BCUT2D eigenvalue weighted by Crippen LogP contribution is -2.40. The van der Waals surface area contributed by atoms with Gasteiger partial charge in [0.05, 0.1) is 0 Å². The van der Waals surface area contributed by atoms with Crippen molar-refractivity contribution in [3.8, 4) is 5.75 Å². The molecule has 126 valence electrons. The molecule has 1 aromatic carbocycles. The van der Waals surface area contributed by atoms with E-state index < -0.39 is 0 Å². The highest BCUT2D eigenvalue weighted by molar-refractivity contribution is 7.11. The van der Waals surface area contributed by atoms with Gasteiger partial charge in [-0.3, -0.25) is 4.79 Å². The fourth-order valence-corrected chi connectivity index (χ4v) is 4.22. The molecule has 2 aliphatic rings. The van der Waals surface area contributed by atoms with Crippen LogP contribution in [0.4, 0.5) is 0 Å². The van der Waals surface area contributed by atoms with E-state index in [1.165, 1.54) is 17.8 Å². The monoisotopic (exact) mass is 343 g/mol. The summed E-state index contributed by atoms with van der Waals surface area (Å²) in [6, 6.07) is 9.48. The van der Waals surface area contributed by atoms with Crippen molar-refractivity contribution in [2.75, 3.05) is 19.7 Å². The Kier molecular flexibility index (Phi) is 4.47. The summed E-state index contributed by atoms with van der Waals surface area (Å²) in [7, 11) is 0. The minimum Gasteiger partial charge on any atom is -0.484 e. The smallest absolute Gasteiger partial charge is 0.260 e. The van der Waals surface area contributed by atoms with Crippen molar-refractivity contribution in [1.29, 1.82) is 0 Å². The van der Waals surface area contributed by atoms with E-state index in [0.717, 1.165) is 36.7 Å². The van der Waals surface area contributed by atoms with Gasteiger partial charge in [-0.05, 0) is 37.8 Å². The van der Waals surface area contributed by atoms with E-state index in [1.807, 2.05) is 35.2 Å². The third kappa shape index (κ3) is 3.59. The molecule has 0 radical (unpaired) electrons. The van der Waals surface area contributed by atoms with Crippen LogP contribution in [0.25, 0.3) is 0 Å². The van der Waals surface area contributed by atoms with Gasteiger partial charge in [-0.1, -0.05) is 18.2 Å².